The summed E-state index contributed by atoms with van der Waals surface area (Å²) in [6, 6.07) is 9.77. The number of carbonyl (C=O) groups excluding carboxylic acids is 2. The molecule has 0 radical (unpaired) electrons. The van der Waals surface area contributed by atoms with E-state index >= 15 is 0 Å². The molecular weight excluding hydrogens is 533 g/mol. The predicted octanol–water partition coefficient (Wildman–Crippen LogP) is 4.85. The van der Waals surface area contributed by atoms with Gasteiger partial charge >= 0.3 is 0 Å². The van der Waals surface area contributed by atoms with E-state index in [1.54, 1.807) is 25.1 Å². The van der Waals surface area contributed by atoms with Crippen LogP contribution >= 0.6 is 34.8 Å². The van der Waals surface area contributed by atoms with Gasteiger partial charge in [0.05, 0.1) is 11.4 Å². The number of halogens is 3. The zero-order chi connectivity index (χ0) is 26.3. The summed E-state index contributed by atoms with van der Waals surface area (Å²) in [5.41, 5.74) is 0.475. The Balaban J connectivity index is 2.37. The van der Waals surface area contributed by atoms with Crippen molar-refractivity contribution in [2.45, 2.75) is 44.7 Å². The summed E-state index contributed by atoms with van der Waals surface area (Å²) in [7, 11) is -2.67. The maximum atomic E-state index is 13.5. The summed E-state index contributed by atoms with van der Waals surface area (Å²) in [5, 5.41) is 3.93. The molecule has 2 aromatic rings. The van der Waals surface area contributed by atoms with E-state index in [9.17, 15) is 18.0 Å². The third-order valence-corrected chi connectivity index (χ3v) is 8.12. The molecule has 0 fully saturated rings. The van der Waals surface area contributed by atoms with Crippen LogP contribution in [0.5, 0.6) is 0 Å². The van der Waals surface area contributed by atoms with Crippen molar-refractivity contribution in [1.82, 2.24) is 14.5 Å². The normalized spacial score (nSPS) is 12.6. The Labute approximate surface area is 222 Å². The van der Waals surface area contributed by atoms with Gasteiger partial charge in [-0.05, 0) is 48.7 Å². The molecular formula is C24H30Cl3N3O4S. The Kier molecular flexibility index (Phi) is 10.9. The fourth-order valence-electron chi connectivity index (χ4n) is 3.35. The van der Waals surface area contributed by atoms with Crippen LogP contribution < -0.4 is 5.32 Å². The molecule has 0 spiro atoms. The minimum Gasteiger partial charge on any atom is -0.354 e. The largest absolute Gasteiger partial charge is 0.354 e. The second-order valence-electron chi connectivity index (χ2n) is 8.50. The molecule has 0 unspecified atom stereocenters. The van der Waals surface area contributed by atoms with Crippen molar-refractivity contribution in [1.29, 1.82) is 0 Å². The molecule has 0 bridgehead atoms. The fourth-order valence-corrected chi connectivity index (χ4v) is 5.11. The van der Waals surface area contributed by atoms with Gasteiger partial charge in [0.25, 0.3) is 0 Å². The number of sulfonamides is 1. The van der Waals surface area contributed by atoms with Crippen LogP contribution in [0.1, 0.15) is 32.8 Å². The lowest BCUT2D eigenvalue weighted by Gasteiger charge is -2.32. The molecule has 7 nitrogen and oxygen atoms in total. The van der Waals surface area contributed by atoms with E-state index in [4.69, 9.17) is 34.8 Å². The van der Waals surface area contributed by atoms with Gasteiger partial charge in [0.15, 0.2) is 0 Å². The molecule has 1 N–H and O–H groups in total. The van der Waals surface area contributed by atoms with Gasteiger partial charge in [0.1, 0.15) is 6.04 Å². The Bertz CT molecular complexity index is 1120. The van der Waals surface area contributed by atoms with E-state index in [-0.39, 0.29) is 23.3 Å². The van der Waals surface area contributed by atoms with Crippen molar-refractivity contribution in [3.63, 3.8) is 0 Å². The number of amides is 2. The highest BCUT2D eigenvalue weighted by molar-refractivity contribution is 7.89. The first-order valence-electron chi connectivity index (χ1n) is 11.1. The van der Waals surface area contributed by atoms with Crippen LogP contribution in [0.2, 0.25) is 15.1 Å². The Morgan fingerprint density at radius 3 is 2.09 bits per heavy atom. The number of hydrogen-bond acceptors (Lipinski definition) is 4. The van der Waals surface area contributed by atoms with Crippen LogP contribution in [0.25, 0.3) is 0 Å². The second-order valence-corrected chi connectivity index (χ2v) is 11.8. The molecule has 2 rings (SSSR count). The second kappa shape index (κ2) is 12.9. The van der Waals surface area contributed by atoms with E-state index in [0.717, 1.165) is 4.31 Å². The Morgan fingerprint density at radius 1 is 1.00 bits per heavy atom. The number of nitrogens with zero attached hydrogens (tertiary/aromatic N) is 2. The van der Waals surface area contributed by atoms with Crippen LogP contribution in [0, 0.1) is 5.92 Å². The van der Waals surface area contributed by atoms with Gasteiger partial charge < -0.3 is 10.2 Å². The molecule has 2 amide bonds. The van der Waals surface area contributed by atoms with E-state index in [2.05, 4.69) is 5.32 Å². The molecule has 0 aromatic heterocycles. The van der Waals surface area contributed by atoms with Gasteiger partial charge in [-0.1, -0.05) is 61.6 Å². The molecule has 2 aromatic carbocycles. The standard InChI is InChI=1S/C24H30Cl3N3O4S/c1-5-22(24(32)28-13-16(2)3)30(14-19-20(26)7-6-8-21(19)27)23(31)15-29(4)35(33,34)18-11-9-17(25)10-12-18/h6-12,16,22H,5,13-15H2,1-4H3,(H,28,32)/t22-/m0/s1. The van der Waals surface area contributed by atoms with Crippen LogP contribution in [-0.2, 0) is 26.2 Å². The van der Waals surface area contributed by atoms with E-state index < -0.39 is 28.5 Å². The van der Waals surface area contributed by atoms with Gasteiger partial charge in [-0.2, -0.15) is 4.31 Å². The average Bonchev–Trinajstić information content (AvgIpc) is 2.79. The highest BCUT2D eigenvalue weighted by atomic mass is 35.5. The molecule has 0 aliphatic carbocycles. The van der Waals surface area contributed by atoms with Crippen molar-refractivity contribution < 1.29 is 18.0 Å². The third-order valence-electron chi connectivity index (χ3n) is 5.34. The molecule has 0 aliphatic rings. The third kappa shape index (κ3) is 7.82. The number of benzene rings is 2. The lowest BCUT2D eigenvalue weighted by Crippen LogP contribution is -2.52. The summed E-state index contributed by atoms with van der Waals surface area (Å²) in [4.78, 5) is 27.8. The smallest absolute Gasteiger partial charge is 0.243 e. The average molecular weight is 563 g/mol. The summed E-state index contributed by atoms with van der Waals surface area (Å²) in [6.07, 6.45) is 0.311. The molecule has 0 aliphatic heterocycles. The highest BCUT2D eigenvalue weighted by Crippen LogP contribution is 2.27. The van der Waals surface area contributed by atoms with Gasteiger partial charge in [-0.25, -0.2) is 8.42 Å². The van der Waals surface area contributed by atoms with E-state index in [0.29, 0.717) is 33.6 Å². The zero-order valence-electron chi connectivity index (χ0n) is 20.1. The minimum atomic E-state index is -3.97. The maximum absolute atomic E-state index is 13.5. The van der Waals surface area contributed by atoms with Crippen LogP contribution in [0.4, 0.5) is 0 Å². The Hall–Kier alpha value is -1.84. The van der Waals surface area contributed by atoms with E-state index in [1.807, 2.05) is 13.8 Å². The first-order chi connectivity index (χ1) is 16.4. The van der Waals surface area contributed by atoms with Gasteiger partial charge in [0, 0.05) is 40.8 Å². The van der Waals surface area contributed by atoms with Crippen LogP contribution in [0.15, 0.2) is 47.4 Å². The van der Waals surface area contributed by atoms with Crippen molar-refractivity contribution in [3.8, 4) is 0 Å². The number of carbonyl (C=O) groups is 2. The molecule has 0 heterocycles. The summed E-state index contributed by atoms with van der Waals surface area (Å²) < 4.78 is 27.0. The molecule has 0 saturated carbocycles. The molecule has 1 atom stereocenters. The van der Waals surface area contributed by atoms with Crippen molar-refractivity contribution in [3.05, 3.63) is 63.1 Å². The van der Waals surface area contributed by atoms with Gasteiger partial charge in [-0.3, -0.25) is 9.59 Å². The van der Waals surface area contributed by atoms with Gasteiger partial charge in [0.2, 0.25) is 21.8 Å². The maximum Gasteiger partial charge on any atom is 0.243 e. The SMILES string of the molecule is CC[C@@H](C(=O)NCC(C)C)N(Cc1c(Cl)cccc1Cl)C(=O)CN(C)S(=O)(=O)c1ccc(Cl)cc1. The Morgan fingerprint density at radius 2 is 1.57 bits per heavy atom. The number of rotatable bonds is 11. The van der Waals surface area contributed by atoms with Crippen LogP contribution in [-0.4, -0.2) is 55.6 Å². The highest BCUT2D eigenvalue weighted by Gasteiger charge is 2.32. The topological polar surface area (TPSA) is 86.8 Å². The predicted molar refractivity (Wildman–Crippen MR) is 140 cm³/mol. The summed E-state index contributed by atoms with van der Waals surface area (Å²) >= 11 is 18.5. The number of hydrogen-bond donors (Lipinski definition) is 1. The van der Waals surface area contributed by atoms with Gasteiger partial charge in [-0.15, -0.1) is 0 Å². The number of nitrogens with one attached hydrogen (secondary N) is 1. The zero-order valence-corrected chi connectivity index (χ0v) is 23.2. The monoisotopic (exact) mass is 561 g/mol. The summed E-state index contributed by atoms with van der Waals surface area (Å²) in [6.45, 7) is 5.60. The quantitative estimate of drug-likeness (QED) is 0.424. The van der Waals surface area contributed by atoms with Crippen molar-refractivity contribution >= 4 is 56.6 Å². The lowest BCUT2D eigenvalue weighted by molar-refractivity contribution is -0.141. The molecule has 0 saturated heterocycles. The van der Waals surface area contributed by atoms with Crippen molar-refractivity contribution in [2.24, 2.45) is 5.92 Å². The van der Waals surface area contributed by atoms with E-state index in [1.165, 1.54) is 36.2 Å². The molecule has 192 valence electrons. The van der Waals surface area contributed by atoms with Crippen molar-refractivity contribution in [2.75, 3.05) is 20.1 Å². The first-order valence-corrected chi connectivity index (χ1v) is 13.7. The van der Waals surface area contributed by atoms with Crippen LogP contribution in [0.3, 0.4) is 0 Å². The minimum absolute atomic E-state index is 0.000355. The number of likely N-dealkylation sites (N-methyl/N-ethyl adjacent to an activating group) is 1. The lowest BCUT2D eigenvalue weighted by atomic mass is 10.1. The fraction of sp³-hybridized carbons (Fsp3) is 0.417. The molecule has 11 heteroatoms. The molecule has 35 heavy (non-hydrogen) atoms. The summed E-state index contributed by atoms with van der Waals surface area (Å²) in [5.74, 6) is -0.678. The first kappa shape index (κ1) is 29.4.